The summed E-state index contributed by atoms with van der Waals surface area (Å²) in [5.41, 5.74) is 0.266. The molecule has 19 heavy (non-hydrogen) atoms. The molecule has 0 saturated carbocycles. The van der Waals surface area contributed by atoms with Crippen LogP contribution in [0.4, 0.5) is 13.2 Å². The van der Waals surface area contributed by atoms with E-state index < -0.39 is 11.7 Å². The van der Waals surface area contributed by atoms with Gasteiger partial charge in [0.2, 0.25) is 0 Å². The van der Waals surface area contributed by atoms with Gasteiger partial charge in [-0.05, 0) is 37.5 Å². The summed E-state index contributed by atoms with van der Waals surface area (Å²) in [7, 11) is 0. The van der Waals surface area contributed by atoms with Crippen molar-refractivity contribution >= 4 is 0 Å². The Morgan fingerprint density at radius 1 is 1.16 bits per heavy atom. The molecule has 1 saturated heterocycles. The van der Waals surface area contributed by atoms with Crippen LogP contribution < -0.4 is 0 Å². The number of aliphatic hydroxyl groups is 1. The smallest absolute Gasteiger partial charge is 0.393 e. The lowest BCUT2D eigenvalue weighted by atomic mass is 10.0. The summed E-state index contributed by atoms with van der Waals surface area (Å²) >= 11 is 0. The van der Waals surface area contributed by atoms with E-state index in [2.05, 4.69) is 4.90 Å². The Kier molecular flexibility index (Phi) is 4.16. The third kappa shape index (κ3) is 3.48. The van der Waals surface area contributed by atoms with Crippen molar-refractivity contribution in [1.82, 2.24) is 4.90 Å². The Hall–Kier alpha value is -1.07. The van der Waals surface area contributed by atoms with Gasteiger partial charge in [-0.1, -0.05) is 12.1 Å². The highest BCUT2D eigenvalue weighted by Crippen LogP contribution is 2.31. The molecule has 0 bridgehead atoms. The van der Waals surface area contributed by atoms with E-state index in [0.29, 0.717) is 0 Å². The third-order valence-electron chi connectivity index (χ3n) is 3.77. The first kappa shape index (κ1) is 14.3. The minimum atomic E-state index is -4.28. The minimum Gasteiger partial charge on any atom is -0.393 e. The third-order valence-corrected chi connectivity index (χ3v) is 3.77. The maximum Gasteiger partial charge on any atom is 0.416 e. The van der Waals surface area contributed by atoms with Crippen LogP contribution in [0, 0.1) is 0 Å². The average molecular weight is 273 g/mol. The van der Waals surface area contributed by atoms with Crippen molar-refractivity contribution in [3.05, 3.63) is 35.4 Å². The van der Waals surface area contributed by atoms with Crippen LogP contribution in [0.25, 0.3) is 0 Å². The molecule has 2 rings (SSSR count). The lowest BCUT2D eigenvalue weighted by Crippen LogP contribution is -2.37. The fourth-order valence-corrected chi connectivity index (χ4v) is 2.43. The van der Waals surface area contributed by atoms with Crippen LogP contribution in [0.15, 0.2) is 24.3 Å². The van der Waals surface area contributed by atoms with E-state index in [-0.39, 0.29) is 12.1 Å². The van der Waals surface area contributed by atoms with Crippen molar-refractivity contribution in [2.75, 3.05) is 13.1 Å². The highest BCUT2D eigenvalue weighted by Gasteiger charge is 2.30. The van der Waals surface area contributed by atoms with Gasteiger partial charge in [0.25, 0.3) is 0 Å². The van der Waals surface area contributed by atoms with Crippen LogP contribution in [0.1, 0.15) is 36.9 Å². The number of aliphatic hydroxyl groups excluding tert-OH is 1. The molecule has 0 radical (unpaired) electrons. The minimum absolute atomic E-state index is 0.0785. The van der Waals surface area contributed by atoms with E-state index in [1.54, 1.807) is 12.1 Å². The SMILES string of the molecule is CC(c1ccc(C(F)(F)F)cc1)N1CCC(O)CC1. The summed E-state index contributed by atoms with van der Waals surface area (Å²) in [6.45, 7) is 3.55. The second-order valence-corrected chi connectivity index (χ2v) is 5.06. The number of nitrogens with zero attached hydrogens (tertiary/aromatic N) is 1. The highest BCUT2D eigenvalue weighted by atomic mass is 19.4. The molecule has 1 heterocycles. The van der Waals surface area contributed by atoms with E-state index in [4.69, 9.17) is 0 Å². The molecule has 1 aromatic carbocycles. The Morgan fingerprint density at radius 2 is 1.68 bits per heavy atom. The Bertz CT molecular complexity index is 408. The average Bonchev–Trinajstić information content (AvgIpc) is 2.38. The van der Waals surface area contributed by atoms with Gasteiger partial charge in [-0.2, -0.15) is 13.2 Å². The number of benzene rings is 1. The number of halogens is 3. The number of piperidine rings is 1. The largest absolute Gasteiger partial charge is 0.416 e. The quantitative estimate of drug-likeness (QED) is 0.894. The molecule has 2 nitrogen and oxygen atoms in total. The zero-order valence-electron chi connectivity index (χ0n) is 10.8. The monoisotopic (exact) mass is 273 g/mol. The molecule has 0 aliphatic carbocycles. The second kappa shape index (κ2) is 5.51. The fraction of sp³-hybridized carbons (Fsp3) is 0.571. The summed E-state index contributed by atoms with van der Waals surface area (Å²) < 4.78 is 37.4. The number of rotatable bonds is 2. The first-order valence-electron chi connectivity index (χ1n) is 6.47. The number of hydrogen-bond donors (Lipinski definition) is 1. The molecule has 1 aromatic rings. The summed E-state index contributed by atoms with van der Waals surface area (Å²) in [6.07, 6.45) is -3.07. The zero-order valence-corrected chi connectivity index (χ0v) is 10.8. The molecule has 0 aromatic heterocycles. The molecule has 106 valence electrons. The molecule has 1 fully saturated rings. The maximum atomic E-state index is 12.5. The molecule has 0 spiro atoms. The molecule has 1 atom stereocenters. The van der Waals surface area contributed by atoms with E-state index in [1.807, 2.05) is 6.92 Å². The predicted molar refractivity (Wildman–Crippen MR) is 66.7 cm³/mol. The van der Waals surface area contributed by atoms with Crippen molar-refractivity contribution in [1.29, 1.82) is 0 Å². The lowest BCUT2D eigenvalue weighted by Gasteiger charge is -2.34. The lowest BCUT2D eigenvalue weighted by molar-refractivity contribution is -0.137. The fourth-order valence-electron chi connectivity index (χ4n) is 2.43. The Balaban J connectivity index is 2.05. The standard InChI is InChI=1S/C14H18F3NO/c1-10(18-8-6-13(19)7-9-18)11-2-4-12(5-3-11)14(15,16)17/h2-5,10,13,19H,6-9H2,1H3. The zero-order chi connectivity index (χ0) is 14.0. The molecule has 5 heteroatoms. The molecule has 1 aliphatic heterocycles. The van der Waals surface area contributed by atoms with Crippen molar-refractivity contribution < 1.29 is 18.3 Å². The van der Waals surface area contributed by atoms with E-state index in [9.17, 15) is 18.3 Å². The van der Waals surface area contributed by atoms with Gasteiger partial charge >= 0.3 is 6.18 Å². The Morgan fingerprint density at radius 3 is 2.16 bits per heavy atom. The van der Waals surface area contributed by atoms with Gasteiger partial charge in [0.15, 0.2) is 0 Å². The summed E-state index contributed by atoms with van der Waals surface area (Å²) in [6, 6.07) is 5.42. The van der Waals surface area contributed by atoms with Crippen LogP contribution in [-0.2, 0) is 6.18 Å². The molecule has 1 aliphatic rings. The molecule has 1 N–H and O–H groups in total. The van der Waals surface area contributed by atoms with Gasteiger partial charge in [-0.15, -0.1) is 0 Å². The number of alkyl halides is 3. The maximum absolute atomic E-state index is 12.5. The summed E-state index contributed by atoms with van der Waals surface area (Å²) in [4.78, 5) is 2.19. The van der Waals surface area contributed by atoms with Gasteiger partial charge in [0, 0.05) is 19.1 Å². The van der Waals surface area contributed by atoms with Gasteiger partial charge in [0.1, 0.15) is 0 Å². The van der Waals surface area contributed by atoms with Crippen LogP contribution in [-0.4, -0.2) is 29.2 Å². The van der Waals surface area contributed by atoms with Crippen LogP contribution in [0.5, 0.6) is 0 Å². The van der Waals surface area contributed by atoms with E-state index in [1.165, 1.54) is 0 Å². The molecular formula is C14H18F3NO. The first-order chi connectivity index (χ1) is 8.88. The van der Waals surface area contributed by atoms with Crippen molar-refractivity contribution in [3.8, 4) is 0 Å². The van der Waals surface area contributed by atoms with Crippen molar-refractivity contribution in [3.63, 3.8) is 0 Å². The molecular weight excluding hydrogens is 255 g/mol. The van der Waals surface area contributed by atoms with E-state index in [0.717, 1.165) is 43.6 Å². The van der Waals surface area contributed by atoms with Crippen molar-refractivity contribution in [2.45, 2.75) is 38.1 Å². The molecule has 0 amide bonds. The topological polar surface area (TPSA) is 23.5 Å². The highest BCUT2D eigenvalue weighted by molar-refractivity contribution is 5.26. The Labute approximate surface area is 110 Å². The summed E-state index contributed by atoms with van der Waals surface area (Å²) in [5.74, 6) is 0. The molecule has 1 unspecified atom stereocenters. The van der Waals surface area contributed by atoms with Crippen molar-refractivity contribution in [2.24, 2.45) is 0 Å². The van der Waals surface area contributed by atoms with E-state index >= 15 is 0 Å². The van der Waals surface area contributed by atoms with Gasteiger partial charge in [-0.3, -0.25) is 4.90 Å². The van der Waals surface area contributed by atoms with Gasteiger partial charge < -0.3 is 5.11 Å². The first-order valence-corrected chi connectivity index (χ1v) is 6.47. The van der Waals surface area contributed by atoms with Gasteiger partial charge in [0.05, 0.1) is 11.7 Å². The van der Waals surface area contributed by atoms with Crippen LogP contribution in [0.2, 0.25) is 0 Å². The normalized spacial score (nSPS) is 20.5. The van der Waals surface area contributed by atoms with Crippen LogP contribution >= 0.6 is 0 Å². The summed E-state index contributed by atoms with van der Waals surface area (Å²) in [5, 5.41) is 9.45. The number of likely N-dealkylation sites (tertiary alicyclic amines) is 1. The second-order valence-electron chi connectivity index (χ2n) is 5.06. The number of hydrogen-bond acceptors (Lipinski definition) is 2. The predicted octanol–water partition coefficient (Wildman–Crippen LogP) is 3.22. The van der Waals surface area contributed by atoms with Crippen LogP contribution in [0.3, 0.4) is 0 Å². The van der Waals surface area contributed by atoms with Gasteiger partial charge in [-0.25, -0.2) is 0 Å².